The molecule has 0 bridgehead atoms. The topological polar surface area (TPSA) is 89.1 Å². The zero-order valence-corrected chi connectivity index (χ0v) is 16.0. The molecule has 0 aliphatic heterocycles. The summed E-state index contributed by atoms with van der Waals surface area (Å²) in [4.78, 5) is 16.3. The number of hydrogen-bond acceptors (Lipinski definition) is 6. The molecule has 3 aromatic rings. The maximum Gasteiger partial charge on any atom is 0.264 e. The van der Waals surface area contributed by atoms with Gasteiger partial charge in [-0.1, -0.05) is 47.6 Å². The highest BCUT2D eigenvalue weighted by Crippen LogP contribution is 2.25. The van der Waals surface area contributed by atoms with E-state index in [0.29, 0.717) is 27.4 Å². The maximum atomic E-state index is 12.0. The molecule has 1 aromatic heterocycles. The molecule has 0 atom stereocenters. The van der Waals surface area contributed by atoms with Gasteiger partial charge in [-0.15, -0.1) is 5.10 Å². The van der Waals surface area contributed by atoms with Gasteiger partial charge in [0.2, 0.25) is 11.1 Å². The molecule has 0 aliphatic carbocycles. The number of H-pyrrole nitrogens is 1. The number of rotatable bonds is 8. The number of nitrogens with one attached hydrogen (secondary N) is 2. The molecule has 9 heteroatoms. The molecule has 7 nitrogen and oxygen atoms in total. The van der Waals surface area contributed by atoms with E-state index in [4.69, 9.17) is 21.1 Å². The summed E-state index contributed by atoms with van der Waals surface area (Å²) in [6, 6.07) is 14.7. The van der Waals surface area contributed by atoms with E-state index in [1.54, 1.807) is 25.3 Å². The van der Waals surface area contributed by atoms with Crippen LogP contribution in [0.5, 0.6) is 11.5 Å². The van der Waals surface area contributed by atoms with Crippen molar-refractivity contribution in [2.45, 2.75) is 10.9 Å². The molecule has 0 spiro atoms. The lowest BCUT2D eigenvalue weighted by Gasteiger charge is -2.09. The second kappa shape index (κ2) is 9.29. The van der Waals surface area contributed by atoms with Crippen molar-refractivity contribution in [3.63, 3.8) is 0 Å². The quantitative estimate of drug-likeness (QED) is 0.555. The summed E-state index contributed by atoms with van der Waals surface area (Å²) < 4.78 is 10.6. The Labute approximate surface area is 165 Å². The lowest BCUT2D eigenvalue weighted by atomic mass is 10.2. The number of carbonyl (C=O) groups is 1. The predicted molar refractivity (Wildman–Crippen MR) is 105 cm³/mol. The van der Waals surface area contributed by atoms with Gasteiger partial charge in [-0.3, -0.25) is 10.1 Å². The number of benzene rings is 2. The van der Waals surface area contributed by atoms with Crippen molar-refractivity contribution < 1.29 is 14.3 Å². The Morgan fingerprint density at radius 3 is 2.67 bits per heavy atom. The van der Waals surface area contributed by atoms with Gasteiger partial charge < -0.3 is 9.47 Å². The molecule has 1 amide bonds. The lowest BCUT2D eigenvalue weighted by molar-refractivity contribution is -0.118. The van der Waals surface area contributed by atoms with E-state index in [0.717, 1.165) is 5.56 Å². The van der Waals surface area contributed by atoms with Crippen LogP contribution in [-0.4, -0.2) is 34.8 Å². The Kier molecular flexibility index (Phi) is 6.56. The molecule has 140 valence electrons. The predicted octanol–water partition coefficient (Wildman–Crippen LogP) is 3.78. The molecule has 1 heterocycles. The number of ether oxygens (including phenoxy) is 2. The minimum absolute atomic E-state index is 0.172. The van der Waals surface area contributed by atoms with Crippen molar-refractivity contribution >= 4 is 35.2 Å². The van der Waals surface area contributed by atoms with Gasteiger partial charge in [0.1, 0.15) is 0 Å². The minimum atomic E-state index is -0.355. The van der Waals surface area contributed by atoms with Crippen LogP contribution < -0.4 is 14.8 Å². The molecule has 0 saturated carbocycles. The summed E-state index contributed by atoms with van der Waals surface area (Å²) in [5, 5.41) is 10.6. The summed E-state index contributed by atoms with van der Waals surface area (Å²) in [5.41, 5.74) is 1.10. The van der Waals surface area contributed by atoms with E-state index in [9.17, 15) is 4.79 Å². The molecular formula is C18H17ClN4O3S. The molecular weight excluding hydrogens is 388 g/mol. The molecule has 3 rings (SSSR count). The number of nitrogens with zero attached hydrogens (tertiary/aromatic N) is 2. The summed E-state index contributed by atoms with van der Waals surface area (Å²) >= 11 is 7.32. The van der Waals surface area contributed by atoms with E-state index in [2.05, 4.69) is 20.5 Å². The highest BCUT2D eigenvalue weighted by Gasteiger charge is 2.10. The highest BCUT2D eigenvalue weighted by molar-refractivity contribution is 7.98. The second-order valence-corrected chi connectivity index (χ2v) is 6.75. The van der Waals surface area contributed by atoms with Crippen molar-refractivity contribution in [3.8, 4) is 11.5 Å². The molecule has 0 saturated heterocycles. The molecule has 0 unspecified atom stereocenters. The molecule has 2 aromatic carbocycles. The number of para-hydroxylation sites is 2. The van der Waals surface area contributed by atoms with Crippen LogP contribution >= 0.6 is 23.4 Å². The number of anilines is 1. The van der Waals surface area contributed by atoms with Crippen molar-refractivity contribution in [1.82, 2.24) is 15.2 Å². The largest absolute Gasteiger partial charge is 0.493 e. The van der Waals surface area contributed by atoms with E-state index in [1.165, 1.54) is 11.8 Å². The number of aromatic amines is 1. The Hall–Kier alpha value is -2.71. The van der Waals surface area contributed by atoms with Gasteiger partial charge in [-0.25, -0.2) is 5.10 Å². The Bertz CT molecular complexity index is 902. The van der Waals surface area contributed by atoms with Gasteiger partial charge >= 0.3 is 0 Å². The summed E-state index contributed by atoms with van der Waals surface area (Å²) in [6.45, 7) is -0.172. The third-order valence-electron chi connectivity index (χ3n) is 3.43. The summed E-state index contributed by atoms with van der Waals surface area (Å²) in [5.74, 6) is 1.66. The fourth-order valence-electron chi connectivity index (χ4n) is 2.14. The number of carbonyl (C=O) groups excluding carboxylic acids is 1. The van der Waals surface area contributed by atoms with Crippen LogP contribution in [0, 0.1) is 0 Å². The van der Waals surface area contributed by atoms with Crippen LogP contribution in [0.25, 0.3) is 0 Å². The Morgan fingerprint density at radius 1 is 1.19 bits per heavy atom. The van der Waals surface area contributed by atoms with Crippen molar-refractivity contribution in [2.75, 3.05) is 19.0 Å². The van der Waals surface area contributed by atoms with E-state index >= 15 is 0 Å². The van der Waals surface area contributed by atoms with Gasteiger partial charge in [0, 0.05) is 10.8 Å². The third-order valence-corrected chi connectivity index (χ3v) is 4.60. The van der Waals surface area contributed by atoms with Crippen LogP contribution in [0.1, 0.15) is 5.56 Å². The van der Waals surface area contributed by atoms with Crippen molar-refractivity contribution in [1.29, 1.82) is 0 Å². The standard InChI is InChI=1S/C18H17ClN4O3S/c1-25-14-4-2-3-5-15(14)26-10-16(24)20-17-21-18(23-22-17)27-11-12-6-8-13(19)9-7-12/h2-9H,10-11H2,1H3,(H2,20,21,22,23,24). The molecule has 27 heavy (non-hydrogen) atoms. The van der Waals surface area contributed by atoms with Crippen molar-refractivity contribution in [3.05, 3.63) is 59.1 Å². The SMILES string of the molecule is COc1ccccc1OCC(=O)Nc1nc(SCc2ccc(Cl)cc2)n[nH]1. The van der Waals surface area contributed by atoms with Crippen LogP contribution in [0.15, 0.2) is 53.7 Å². The van der Waals surface area contributed by atoms with Gasteiger partial charge in [-0.05, 0) is 29.8 Å². The average molecular weight is 405 g/mol. The fraction of sp³-hybridized carbons (Fsp3) is 0.167. The van der Waals surface area contributed by atoms with Crippen LogP contribution in [0.3, 0.4) is 0 Å². The van der Waals surface area contributed by atoms with Crippen LogP contribution in [0.4, 0.5) is 5.95 Å². The highest BCUT2D eigenvalue weighted by atomic mass is 35.5. The zero-order chi connectivity index (χ0) is 19.1. The monoisotopic (exact) mass is 404 g/mol. The van der Waals surface area contributed by atoms with E-state index in [-0.39, 0.29) is 18.5 Å². The van der Waals surface area contributed by atoms with Crippen molar-refractivity contribution in [2.24, 2.45) is 0 Å². The van der Waals surface area contributed by atoms with Crippen LogP contribution in [0.2, 0.25) is 5.02 Å². The van der Waals surface area contributed by atoms with Gasteiger partial charge in [-0.2, -0.15) is 4.98 Å². The second-order valence-electron chi connectivity index (χ2n) is 5.37. The number of methoxy groups -OCH3 is 1. The molecule has 0 aliphatic rings. The van der Waals surface area contributed by atoms with Gasteiger partial charge in [0.05, 0.1) is 7.11 Å². The molecule has 0 fully saturated rings. The normalized spacial score (nSPS) is 10.4. The average Bonchev–Trinajstić information content (AvgIpc) is 3.13. The molecule has 0 radical (unpaired) electrons. The van der Waals surface area contributed by atoms with Gasteiger partial charge in [0.25, 0.3) is 5.91 Å². The minimum Gasteiger partial charge on any atom is -0.493 e. The van der Waals surface area contributed by atoms with E-state index in [1.807, 2.05) is 30.3 Å². The number of aromatic nitrogens is 3. The first-order valence-electron chi connectivity index (χ1n) is 7.99. The first-order chi connectivity index (χ1) is 13.1. The summed E-state index contributed by atoms with van der Waals surface area (Å²) in [7, 11) is 1.54. The number of amides is 1. The van der Waals surface area contributed by atoms with Crippen LogP contribution in [-0.2, 0) is 10.5 Å². The van der Waals surface area contributed by atoms with Gasteiger partial charge in [0.15, 0.2) is 18.1 Å². The summed E-state index contributed by atoms with van der Waals surface area (Å²) in [6.07, 6.45) is 0. The smallest absolute Gasteiger partial charge is 0.264 e. The zero-order valence-electron chi connectivity index (χ0n) is 14.4. The number of thioether (sulfide) groups is 1. The third kappa shape index (κ3) is 5.63. The lowest BCUT2D eigenvalue weighted by Crippen LogP contribution is -2.21. The maximum absolute atomic E-state index is 12.0. The number of hydrogen-bond donors (Lipinski definition) is 2. The molecule has 2 N–H and O–H groups in total. The first-order valence-corrected chi connectivity index (χ1v) is 9.35. The Balaban J connectivity index is 1.48. The number of halogens is 1. The first kappa shape index (κ1) is 19.1. The van der Waals surface area contributed by atoms with E-state index < -0.39 is 0 Å². The Morgan fingerprint density at radius 2 is 1.93 bits per heavy atom. The fourth-order valence-corrected chi connectivity index (χ4v) is 3.03.